The summed E-state index contributed by atoms with van der Waals surface area (Å²) in [7, 11) is 0. The molecule has 0 saturated heterocycles. The molecule has 0 aliphatic carbocycles. The van der Waals surface area contributed by atoms with Crippen molar-refractivity contribution in [1.29, 1.82) is 0 Å². The first-order valence-electron chi connectivity index (χ1n) is 5.25. The molecule has 3 nitrogen and oxygen atoms in total. The summed E-state index contributed by atoms with van der Waals surface area (Å²) in [6.07, 6.45) is 0. The van der Waals surface area contributed by atoms with Gasteiger partial charge in [-0.1, -0.05) is 6.07 Å². The second-order valence-electron chi connectivity index (χ2n) is 4.03. The Bertz CT molecular complexity index is 419. The van der Waals surface area contributed by atoms with E-state index in [0.29, 0.717) is 6.61 Å². The molecule has 0 N–H and O–H groups in total. The van der Waals surface area contributed by atoms with Crippen molar-refractivity contribution in [1.82, 2.24) is 0 Å². The predicted molar refractivity (Wildman–Crippen MR) is 64.3 cm³/mol. The van der Waals surface area contributed by atoms with Gasteiger partial charge in [-0.25, -0.2) is 0 Å². The van der Waals surface area contributed by atoms with Gasteiger partial charge in [0, 0.05) is 0 Å². The van der Waals surface area contributed by atoms with E-state index in [2.05, 4.69) is 0 Å². The van der Waals surface area contributed by atoms with Crippen LogP contribution < -0.4 is 9.64 Å². The number of rotatable bonds is 1. The highest BCUT2D eigenvalue weighted by atomic mass is 35.5. The van der Waals surface area contributed by atoms with Crippen LogP contribution in [0.25, 0.3) is 0 Å². The predicted octanol–water partition coefficient (Wildman–Crippen LogP) is 2.35. The van der Waals surface area contributed by atoms with Crippen LogP contribution >= 0.6 is 11.6 Å². The number of halogens is 1. The molecule has 1 amide bonds. The van der Waals surface area contributed by atoms with Crippen LogP contribution in [0.3, 0.4) is 0 Å². The SMILES string of the molecule is Cc1ccc2c(c1)OCC(C)N2C(=O)CCl. The van der Waals surface area contributed by atoms with Crippen molar-refractivity contribution >= 4 is 23.2 Å². The molecule has 0 aromatic heterocycles. The molecule has 1 unspecified atom stereocenters. The Balaban J connectivity index is 2.44. The molecule has 86 valence electrons. The zero-order valence-corrected chi connectivity index (χ0v) is 10.1. The van der Waals surface area contributed by atoms with Crippen molar-refractivity contribution in [3.63, 3.8) is 0 Å². The lowest BCUT2D eigenvalue weighted by Crippen LogP contribution is -2.45. The number of hydrogen-bond donors (Lipinski definition) is 0. The highest BCUT2D eigenvalue weighted by Gasteiger charge is 2.28. The topological polar surface area (TPSA) is 29.5 Å². The number of aryl methyl sites for hydroxylation is 1. The normalized spacial score (nSPS) is 18.9. The van der Waals surface area contributed by atoms with Crippen LogP contribution in [0.2, 0.25) is 0 Å². The Morgan fingerprint density at radius 3 is 3.06 bits per heavy atom. The van der Waals surface area contributed by atoms with Crippen molar-refractivity contribution < 1.29 is 9.53 Å². The summed E-state index contributed by atoms with van der Waals surface area (Å²) in [4.78, 5) is 13.5. The van der Waals surface area contributed by atoms with E-state index in [1.165, 1.54) is 0 Å². The molecule has 1 aliphatic heterocycles. The highest BCUT2D eigenvalue weighted by molar-refractivity contribution is 6.29. The van der Waals surface area contributed by atoms with Gasteiger partial charge in [0.1, 0.15) is 18.2 Å². The fourth-order valence-electron chi connectivity index (χ4n) is 1.90. The van der Waals surface area contributed by atoms with Crippen LogP contribution in [0.1, 0.15) is 12.5 Å². The molecule has 1 aromatic rings. The molecule has 2 rings (SSSR count). The molecular formula is C12H14ClNO2. The average Bonchev–Trinajstić information content (AvgIpc) is 2.28. The molecule has 16 heavy (non-hydrogen) atoms. The molecule has 0 saturated carbocycles. The Morgan fingerprint density at radius 2 is 2.38 bits per heavy atom. The van der Waals surface area contributed by atoms with Gasteiger partial charge in [0.05, 0.1) is 11.7 Å². The quantitative estimate of drug-likeness (QED) is 0.704. The van der Waals surface area contributed by atoms with Crippen LogP contribution in [-0.2, 0) is 4.79 Å². The van der Waals surface area contributed by atoms with Gasteiger partial charge < -0.3 is 9.64 Å². The van der Waals surface area contributed by atoms with Gasteiger partial charge in [-0.15, -0.1) is 11.6 Å². The van der Waals surface area contributed by atoms with Crippen molar-refractivity contribution in [2.75, 3.05) is 17.4 Å². The maximum absolute atomic E-state index is 11.8. The fourth-order valence-corrected chi connectivity index (χ4v) is 2.03. The van der Waals surface area contributed by atoms with E-state index in [1.54, 1.807) is 4.90 Å². The van der Waals surface area contributed by atoms with E-state index in [1.807, 2.05) is 32.0 Å². The summed E-state index contributed by atoms with van der Waals surface area (Å²) in [6, 6.07) is 5.84. The number of ether oxygens (including phenoxy) is 1. The Hall–Kier alpha value is -1.22. The third-order valence-electron chi connectivity index (χ3n) is 2.68. The van der Waals surface area contributed by atoms with Gasteiger partial charge in [0.15, 0.2) is 0 Å². The number of amides is 1. The van der Waals surface area contributed by atoms with E-state index in [0.717, 1.165) is 17.0 Å². The highest BCUT2D eigenvalue weighted by Crippen LogP contribution is 2.34. The Morgan fingerprint density at radius 1 is 1.62 bits per heavy atom. The minimum Gasteiger partial charge on any atom is -0.489 e. The summed E-state index contributed by atoms with van der Waals surface area (Å²) in [5.74, 6) is 0.677. The second kappa shape index (κ2) is 4.34. The lowest BCUT2D eigenvalue weighted by Gasteiger charge is -2.34. The smallest absolute Gasteiger partial charge is 0.242 e. The summed E-state index contributed by atoms with van der Waals surface area (Å²) in [5.41, 5.74) is 1.93. The van der Waals surface area contributed by atoms with Gasteiger partial charge >= 0.3 is 0 Å². The van der Waals surface area contributed by atoms with Gasteiger partial charge in [0.25, 0.3) is 0 Å². The van der Waals surface area contributed by atoms with Crippen LogP contribution in [0.4, 0.5) is 5.69 Å². The number of benzene rings is 1. The zero-order chi connectivity index (χ0) is 11.7. The van der Waals surface area contributed by atoms with Crippen LogP contribution in [0.15, 0.2) is 18.2 Å². The second-order valence-corrected chi connectivity index (χ2v) is 4.30. The molecule has 0 fully saturated rings. The van der Waals surface area contributed by atoms with Gasteiger partial charge in [-0.05, 0) is 31.5 Å². The zero-order valence-electron chi connectivity index (χ0n) is 9.37. The van der Waals surface area contributed by atoms with Gasteiger partial charge in [-0.3, -0.25) is 4.79 Å². The number of nitrogens with zero attached hydrogens (tertiary/aromatic N) is 1. The average molecular weight is 240 g/mol. The van der Waals surface area contributed by atoms with E-state index in [9.17, 15) is 4.79 Å². The Labute approximate surface area is 100.0 Å². The first-order valence-corrected chi connectivity index (χ1v) is 5.78. The van der Waals surface area contributed by atoms with Crippen molar-refractivity contribution in [2.24, 2.45) is 0 Å². The first kappa shape index (κ1) is 11.3. The third kappa shape index (κ3) is 1.87. The van der Waals surface area contributed by atoms with Crippen LogP contribution in [0.5, 0.6) is 5.75 Å². The van der Waals surface area contributed by atoms with Crippen LogP contribution in [0, 0.1) is 6.92 Å². The van der Waals surface area contributed by atoms with Crippen LogP contribution in [-0.4, -0.2) is 24.4 Å². The maximum atomic E-state index is 11.8. The van der Waals surface area contributed by atoms with Gasteiger partial charge in [-0.2, -0.15) is 0 Å². The van der Waals surface area contributed by atoms with Crippen molar-refractivity contribution in [3.05, 3.63) is 23.8 Å². The lowest BCUT2D eigenvalue weighted by molar-refractivity contribution is -0.117. The fraction of sp³-hybridized carbons (Fsp3) is 0.417. The minimum atomic E-state index is -0.0810. The monoisotopic (exact) mass is 239 g/mol. The molecule has 1 atom stereocenters. The lowest BCUT2D eigenvalue weighted by atomic mass is 10.1. The number of carbonyl (C=O) groups is 1. The third-order valence-corrected chi connectivity index (χ3v) is 2.91. The number of hydrogen-bond acceptors (Lipinski definition) is 2. The molecule has 0 spiro atoms. The number of fused-ring (bicyclic) bond motifs is 1. The number of carbonyl (C=O) groups excluding carboxylic acids is 1. The maximum Gasteiger partial charge on any atom is 0.242 e. The molecule has 0 bridgehead atoms. The number of anilines is 1. The van der Waals surface area contributed by atoms with Gasteiger partial charge in [0.2, 0.25) is 5.91 Å². The van der Waals surface area contributed by atoms with Crippen molar-refractivity contribution in [3.8, 4) is 5.75 Å². The molecule has 4 heteroatoms. The summed E-state index contributed by atoms with van der Waals surface area (Å²) >= 11 is 5.62. The first-order chi connectivity index (χ1) is 7.63. The van der Waals surface area contributed by atoms with E-state index in [-0.39, 0.29) is 17.8 Å². The molecule has 1 heterocycles. The molecule has 0 radical (unpaired) electrons. The van der Waals surface area contributed by atoms with E-state index >= 15 is 0 Å². The van der Waals surface area contributed by atoms with Crippen molar-refractivity contribution in [2.45, 2.75) is 19.9 Å². The summed E-state index contributed by atoms with van der Waals surface area (Å²) in [5, 5.41) is 0. The summed E-state index contributed by atoms with van der Waals surface area (Å²) < 4.78 is 5.60. The summed E-state index contributed by atoms with van der Waals surface area (Å²) in [6.45, 7) is 4.46. The minimum absolute atomic E-state index is 0.00232. The molecule has 1 aliphatic rings. The standard InChI is InChI=1S/C12H14ClNO2/c1-8-3-4-10-11(5-8)16-7-9(2)14(10)12(15)6-13/h3-5,9H,6-7H2,1-2H3. The number of alkyl halides is 1. The van der Waals surface area contributed by atoms with E-state index in [4.69, 9.17) is 16.3 Å². The molecular weight excluding hydrogens is 226 g/mol. The Kier molecular flexibility index (Phi) is 3.06. The largest absolute Gasteiger partial charge is 0.489 e. The van der Waals surface area contributed by atoms with E-state index < -0.39 is 0 Å². The molecule has 1 aromatic carbocycles.